The molecule has 2 unspecified atom stereocenters. The Bertz CT molecular complexity index is 652. The van der Waals surface area contributed by atoms with Crippen LogP contribution in [0.1, 0.15) is 18.1 Å². The Balaban J connectivity index is 1.74. The van der Waals surface area contributed by atoms with Gasteiger partial charge in [-0.25, -0.2) is 0 Å². The number of hydrogen-bond donors (Lipinski definition) is 3. The second-order valence-corrected chi connectivity index (χ2v) is 7.36. The highest BCUT2D eigenvalue weighted by Gasteiger charge is 2.15. The number of nitrogens with zero attached hydrogens (tertiary/aromatic N) is 1. The SMILES string of the molecule is CN(CCCNCC(O)c1ccc(O)c([S+](C)[O-])c1)c1ccccc1. The van der Waals surface area contributed by atoms with E-state index in [4.69, 9.17) is 0 Å². The number of hydrogen-bond acceptors (Lipinski definition) is 5. The summed E-state index contributed by atoms with van der Waals surface area (Å²) in [6.07, 6.45) is 1.76. The number of phenolic OH excluding ortho intramolecular Hbond substituents is 1. The molecule has 136 valence electrons. The van der Waals surface area contributed by atoms with Gasteiger partial charge in [0.15, 0.2) is 10.6 Å². The summed E-state index contributed by atoms with van der Waals surface area (Å²) in [6.45, 7) is 2.12. The van der Waals surface area contributed by atoms with Crippen LogP contribution in [0.5, 0.6) is 5.75 Å². The zero-order chi connectivity index (χ0) is 18.2. The number of aromatic hydroxyl groups is 1. The lowest BCUT2D eigenvalue weighted by atomic mass is 10.1. The number of anilines is 1. The van der Waals surface area contributed by atoms with Crippen LogP contribution in [-0.2, 0) is 11.2 Å². The second-order valence-electron chi connectivity index (χ2n) is 6.01. The first kappa shape index (κ1) is 19.6. The van der Waals surface area contributed by atoms with Crippen molar-refractivity contribution in [2.24, 2.45) is 0 Å². The van der Waals surface area contributed by atoms with Gasteiger partial charge in [-0.3, -0.25) is 0 Å². The van der Waals surface area contributed by atoms with E-state index in [1.807, 2.05) is 18.2 Å². The Kier molecular flexibility index (Phi) is 7.58. The molecule has 2 rings (SSSR count). The minimum absolute atomic E-state index is 0.00584. The summed E-state index contributed by atoms with van der Waals surface area (Å²) in [5.74, 6) is -0.00584. The highest BCUT2D eigenvalue weighted by Crippen LogP contribution is 2.26. The molecule has 0 radical (unpaired) electrons. The Hall–Kier alpha value is -1.73. The molecule has 0 spiro atoms. The highest BCUT2D eigenvalue weighted by molar-refractivity contribution is 7.90. The van der Waals surface area contributed by atoms with Crippen LogP contribution in [0.25, 0.3) is 0 Å². The first-order valence-electron chi connectivity index (χ1n) is 8.30. The number of para-hydroxylation sites is 1. The molecule has 0 fully saturated rings. The van der Waals surface area contributed by atoms with Crippen molar-refractivity contribution in [3.8, 4) is 5.75 Å². The van der Waals surface area contributed by atoms with Crippen LogP contribution in [0.3, 0.4) is 0 Å². The molecule has 3 N–H and O–H groups in total. The van der Waals surface area contributed by atoms with Gasteiger partial charge >= 0.3 is 0 Å². The quantitative estimate of drug-likeness (QED) is 0.471. The number of rotatable bonds is 9. The molecular weight excluding hydrogens is 336 g/mol. The zero-order valence-corrected chi connectivity index (χ0v) is 15.5. The van der Waals surface area contributed by atoms with Crippen LogP contribution >= 0.6 is 0 Å². The number of phenols is 1. The van der Waals surface area contributed by atoms with E-state index in [1.165, 1.54) is 18.0 Å². The van der Waals surface area contributed by atoms with Crippen LogP contribution in [0, 0.1) is 0 Å². The largest absolute Gasteiger partial charge is 0.612 e. The van der Waals surface area contributed by atoms with Gasteiger partial charge < -0.3 is 25.0 Å². The highest BCUT2D eigenvalue weighted by atomic mass is 32.2. The third-order valence-electron chi connectivity index (χ3n) is 4.06. The lowest BCUT2D eigenvalue weighted by molar-refractivity contribution is 0.174. The average molecular weight is 362 g/mol. The lowest BCUT2D eigenvalue weighted by Gasteiger charge is -2.19. The van der Waals surface area contributed by atoms with E-state index >= 15 is 0 Å². The average Bonchev–Trinajstić information content (AvgIpc) is 2.62. The molecule has 2 atom stereocenters. The monoisotopic (exact) mass is 362 g/mol. The van der Waals surface area contributed by atoms with Crippen molar-refractivity contribution in [3.05, 3.63) is 54.1 Å². The molecule has 0 aliphatic heterocycles. The fourth-order valence-electron chi connectivity index (χ4n) is 2.58. The first-order chi connectivity index (χ1) is 12.0. The van der Waals surface area contributed by atoms with E-state index in [9.17, 15) is 14.8 Å². The van der Waals surface area contributed by atoms with Crippen LogP contribution < -0.4 is 10.2 Å². The third-order valence-corrected chi connectivity index (χ3v) is 5.01. The maximum Gasteiger partial charge on any atom is 0.194 e. The molecule has 5 nitrogen and oxygen atoms in total. The molecule has 6 heteroatoms. The van der Waals surface area contributed by atoms with E-state index < -0.39 is 17.3 Å². The molecule has 25 heavy (non-hydrogen) atoms. The maximum atomic E-state index is 11.6. The summed E-state index contributed by atoms with van der Waals surface area (Å²) >= 11 is -1.29. The Labute approximate surface area is 152 Å². The number of aliphatic hydroxyl groups is 1. The maximum absolute atomic E-state index is 11.6. The Morgan fingerprint density at radius 1 is 1.20 bits per heavy atom. The predicted octanol–water partition coefficient (Wildman–Crippen LogP) is 2.28. The van der Waals surface area contributed by atoms with Gasteiger partial charge in [0.2, 0.25) is 0 Å². The molecule has 0 aliphatic rings. The number of aliphatic hydroxyl groups excluding tert-OH is 1. The minimum Gasteiger partial charge on any atom is -0.612 e. The smallest absolute Gasteiger partial charge is 0.194 e. The van der Waals surface area contributed by atoms with E-state index in [2.05, 4.69) is 29.4 Å². The van der Waals surface area contributed by atoms with Gasteiger partial charge in [-0.15, -0.1) is 0 Å². The fourth-order valence-corrected chi connectivity index (χ4v) is 3.24. The van der Waals surface area contributed by atoms with Crippen LogP contribution in [-0.4, -0.2) is 47.7 Å². The number of benzene rings is 2. The van der Waals surface area contributed by atoms with Crippen molar-refractivity contribution < 1.29 is 14.8 Å². The molecule has 0 heterocycles. The van der Waals surface area contributed by atoms with Crippen LogP contribution in [0.4, 0.5) is 5.69 Å². The Morgan fingerprint density at radius 2 is 1.92 bits per heavy atom. The predicted molar refractivity (Wildman–Crippen MR) is 103 cm³/mol. The van der Waals surface area contributed by atoms with Gasteiger partial charge in [0.1, 0.15) is 6.26 Å². The zero-order valence-electron chi connectivity index (χ0n) is 14.7. The van der Waals surface area contributed by atoms with Crippen molar-refractivity contribution in [3.63, 3.8) is 0 Å². The first-order valence-corrected chi connectivity index (χ1v) is 9.86. The number of nitrogens with one attached hydrogen (secondary N) is 1. The van der Waals surface area contributed by atoms with Crippen molar-refractivity contribution in [1.82, 2.24) is 5.32 Å². The third kappa shape index (κ3) is 5.93. The van der Waals surface area contributed by atoms with Gasteiger partial charge in [0, 0.05) is 31.9 Å². The van der Waals surface area contributed by atoms with Crippen LogP contribution in [0.15, 0.2) is 53.4 Å². The molecule has 0 aromatic heterocycles. The van der Waals surface area contributed by atoms with E-state index in [-0.39, 0.29) is 5.75 Å². The van der Waals surface area contributed by atoms with Crippen molar-refractivity contribution in [2.45, 2.75) is 17.4 Å². The molecule has 0 saturated carbocycles. The van der Waals surface area contributed by atoms with Crippen molar-refractivity contribution in [1.29, 1.82) is 0 Å². The summed E-state index contributed by atoms with van der Waals surface area (Å²) in [6, 6.07) is 14.9. The lowest BCUT2D eigenvalue weighted by Crippen LogP contribution is -2.26. The van der Waals surface area contributed by atoms with E-state index in [1.54, 1.807) is 12.1 Å². The van der Waals surface area contributed by atoms with E-state index in [0.717, 1.165) is 19.5 Å². The van der Waals surface area contributed by atoms with Crippen molar-refractivity contribution in [2.75, 3.05) is 37.8 Å². The molecule has 0 bridgehead atoms. The molecule has 0 saturated heterocycles. The standard InChI is InChI=1S/C19H26N2O3S/c1-21(16-7-4-3-5-8-16)12-6-11-20-14-18(23)15-9-10-17(22)19(13-15)25(2)24/h3-5,7-10,13,18,20,22-23H,6,11-12,14H2,1-2H3. The summed E-state index contributed by atoms with van der Waals surface area (Å²) in [5, 5.41) is 23.2. The summed E-state index contributed by atoms with van der Waals surface area (Å²) in [5.41, 5.74) is 1.84. The molecule has 0 aliphatic carbocycles. The van der Waals surface area contributed by atoms with Crippen molar-refractivity contribution >= 4 is 16.9 Å². The topological polar surface area (TPSA) is 78.8 Å². The molecule has 0 amide bonds. The molecular formula is C19H26N2O3S. The second kappa shape index (κ2) is 9.68. The summed E-state index contributed by atoms with van der Waals surface area (Å²) in [7, 11) is 2.06. The minimum atomic E-state index is -1.29. The van der Waals surface area contributed by atoms with Gasteiger partial charge in [0.05, 0.1) is 6.10 Å². The van der Waals surface area contributed by atoms with E-state index in [0.29, 0.717) is 17.0 Å². The van der Waals surface area contributed by atoms with Gasteiger partial charge in [0.25, 0.3) is 0 Å². The fraction of sp³-hybridized carbons (Fsp3) is 0.368. The summed E-state index contributed by atoms with van der Waals surface area (Å²) in [4.78, 5) is 2.54. The molecule has 2 aromatic carbocycles. The Morgan fingerprint density at radius 3 is 2.60 bits per heavy atom. The van der Waals surface area contributed by atoms with Crippen LogP contribution in [0.2, 0.25) is 0 Å². The summed E-state index contributed by atoms with van der Waals surface area (Å²) < 4.78 is 11.6. The van der Waals surface area contributed by atoms with Gasteiger partial charge in [-0.05, 0) is 47.9 Å². The molecule has 2 aromatic rings. The normalized spacial score (nSPS) is 13.4. The van der Waals surface area contributed by atoms with Gasteiger partial charge in [-0.2, -0.15) is 0 Å². The van der Waals surface area contributed by atoms with Gasteiger partial charge in [-0.1, -0.05) is 24.3 Å².